The van der Waals surface area contributed by atoms with E-state index >= 15 is 0 Å². The van der Waals surface area contributed by atoms with Crippen LogP contribution in [0.3, 0.4) is 0 Å². The third-order valence-corrected chi connectivity index (χ3v) is 2.58. The van der Waals surface area contributed by atoms with Crippen LogP contribution in [0.2, 0.25) is 0 Å². The third-order valence-electron chi connectivity index (χ3n) is 1.91. The molecule has 0 fully saturated rings. The van der Waals surface area contributed by atoms with Gasteiger partial charge in [0.2, 0.25) is 0 Å². The summed E-state index contributed by atoms with van der Waals surface area (Å²) < 4.78 is 2.91. The molecule has 0 spiro atoms. The fraction of sp³-hybridized carbons (Fsp3) is 0.429. The second-order valence-corrected chi connectivity index (χ2v) is 3.51. The molecule has 0 amide bonds. The molecular formula is C7H6BrN3. The van der Waals surface area contributed by atoms with Gasteiger partial charge in [-0.2, -0.15) is 10.4 Å². The average molecular weight is 212 g/mol. The second kappa shape index (κ2) is 2.35. The minimum atomic E-state index is 0.120. The van der Waals surface area contributed by atoms with Gasteiger partial charge in [-0.15, -0.1) is 0 Å². The van der Waals surface area contributed by atoms with Crippen LogP contribution < -0.4 is 0 Å². The van der Waals surface area contributed by atoms with E-state index in [1.54, 1.807) is 6.20 Å². The zero-order valence-electron chi connectivity index (χ0n) is 5.79. The first-order valence-corrected chi connectivity index (χ1v) is 4.20. The Labute approximate surface area is 72.8 Å². The predicted molar refractivity (Wildman–Crippen MR) is 42.7 cm³/mol. The summed E-state index contributed by atoms with van der Waals surface area (Å²) in [5, 5.41) is 12.8. The van der Waals surface area contributed by atoms with Crippen LogP contribution in [0.5, 0.6) is 0 Å². The van der Waals surface area contributed by atoms with Crippen LogP contribution in [0.1, 0.15) is 5.69 Å². The van der Waals surface area contributed by atoms with E-state index in [-0.39, 0.29) is 5.92 Å². The SMILES string of the molecule is N#CC1Cc2c(Br)cnn2C1. The lowest BCUT2D eigenvalue weighted by Gasteiger charge is -1.92. The van der Waals surface area contributed by atoms with E-state index < -0.39 is 0 Å². The molecule has 1 aliphatic heterocycles. The van der Waals surface area contributed by atoms with E-state index in [2.05, 4.69) is 27.1 Å². The van der Waals surface area contributed by atoms with Gasteiger partial charge in [0.05, 0.1) is 34.9 Å². The smallest absolute Gasteiger partial charge is 0.0715 e. The van der Waals surface area contributed by atoms with Crippen molar-refractivity contribution in [3.05, 3.63) is 16.4 Å². The number of hydrogen-bond donors (Lipinski definition) is 0. The first-order chi connectivity index (χ1) is 5.31. The number of rotatable bonds is 0. The van der Waals surface area contributed by atoms with E-state index in [0.717, 1.165) is 23.1 Å². The maximum atomic E-state index is 8.64. The van der Waals surface area contributed by atoms with Crippen LogP contribution in [0.4, 0.5) is 0 Å². The summed E-state index contributed by atoms with van der Waals surface area (Å²) >= 11 is 3.38. The lowest BCUT2D eigenvalue weighted by molar-refractivity contribution is 0.582. The van der Waals surface area contributed by atoms with Crippen molar-refractivity contribution in [2.24, 2.45) is 5.92 Å². The van der Waals surface area contributed by atoms with Crippen molar-refractivity contribution in [3.8, 4) is 6.07 Å². The van der Waals surface area contributed by atoms with Gasteiger partial charge < -0.3 is 0 Å². The molecule has 0 saturated heterocycles. The molecule has 0 bridgehead atoms. The number of halogens is 1. The monoisotopic (exact) mass is 211 g/mol. The van der Waals surface area contributed by atoms with E-state index in [9.17, 15) is 0 Å². The van der Waals surface area contributed by atoms with Crippen molar-refractivity contribution in [3.63, 3.8) is 0 Å². The third kappa shape index (κ3) is 0.962. The number of fused-ring (bicyclic) bond motifs is 1. The van der Waals surface area contributed by atoms with Crippen LogP contribution >= 0.6 is 15.9 Å². The number of nitrogens with zero attached hydrogens (tertiary/aromatic N) is 3. The van der Waals surface area contributed by atoms with E-state index in [1.807, 2.05) is 4.68 Å². The second-order valence-electron chi connectivity index (χ2n) is 2.65. The van der Waals surface area contributed by atoms with E-state index in [0.29, 0.717) is 0 Å². The fourth-order valence-electron chi connectivity index (χ4n) is 1.34. The standard InChI is InChI=1S/C7H6BrN3/c8-6-3-10-11-4-5(2-9)1-7(6)11/h3,5H,1,4H2. The van der Waals surface area contributed by atoms with Crippen molar-refractivity contribution in [1.29, 1.82) is 5.26 Å². The molecule has 0 radical (unpaired) electrons. The Balaban J connectivity index is 2.36. The lowest BCUT2D eigenvalue weighted by Crippen LogP contribution is -1.99. The highest BCUT2D eigenvalue weighted by molar-refractivity contribution is 9.10. The Morgan fingerprint density at radius 1 is 1.82 bits per heavy atom. The Bertz CT molecular complexity index is 323. The normalized spacial score (nSPS) is 21.3. The molecule has 1 aromatic rings. The van der Waals surface area contributed by atoms with Crippen molar-refractivity contribution >= 4 is 15.9 Å². The fourth-order valence-corrected chi connectivity index (χ4v) is 1.80. The molecular weight excluding hydrogens is 206 g/mol. The van der Waals surface area contributed by atoms with Gasteiger partial charge >= 0.3 is 0 Å². The van der Waals surface area contributed by atoms with Crippen LogP contribution in [-0.4, -0.2) is 9.78 Å². The summed E-state index contributed by atoms with van der Waals surface area (Å²) in [7, 11) is 0. The molecule has 0 aromatic carbocycles. The van der Waals surface area contributed by atoms with Gasteiger partial charge in [0.1, 0.15) is 0 Å². The molecule has 1 unspecified atom stereocenters. The van der Waals surface area contributed by atoms with Crippen LogP contribution in [0.25, 0.3) is 0 Å². The molecule has 0 aliphatic carbocycles. The zero-order chi connectivity index (χ0) is 7.84. The molecule has 0 saturated carbocycles. The number of nitriles is 1. The highest BCUT2D eigenvalue weighted by Crippen LogP contribution is 2.25. The Kier molecular flexibility index (Phi) is 1.46. The van der Waals surface area contributed by atoms with Crippen molar-refractivity contribution in [2.45, 2.75) is 13.0 Å². The summed E-state index contributed by atoms with van der Waals surface area (Å²) in [6.45, 7) is 0.747. The van der Waals surface area contributed by atoms with Crippen LogP contribution in [-0.2, 0) is 13.0 Å². The van der Waals surface area contributed by atoms with Gasteiger partial charge in [0.25, 0.3) is 0 Å². The quantitative estimate of drug-likeness (QED) is 0.651. The van der Waals surface area contributed by atoms with Gasteiger partial charge in [-0.3, -0.25) is 4.68 Å². The molecule has 2 rings (SSSR count). The summed E-state index contributed by atoms with van der Waals surface area (Å²) in [6, 6.07) is 2.24. The zero-order valence-corrected chi connectivity index (χ0v) is 7.37. The van der Waals surface area contributed by atoms with Crippen LogP contribution in [0.15, 0.2) is 10.7 Å². The van der Waals surface area contributed by atoms with E-state index in [4.69, 9.17) is 5.26 Å². The Morgan fingerprint density at radius 3 is 3.27 bits per heavy atom. The Hall–Kier alpha value is -0.820. The molecule has 1 aromatic heterocycles. The Morgan fingerprint density at radius 2 is 2.64 bits per heavy atom. The summed E-state index contributed by atoms with van der Waals surface area (Å²) in [5.74, 6) is 0.120. The largest absolute Gasteiger partial charge is 0.267 e. The van der Waals surface area contributed by atoms with Crippen LogP contribution in [0, 0.1) is 17.2 Å². The summed E-state index contributed by atoms with van der Waals surface area (Å²) in [5.41, 5.74) is 1.15. The van der Waals surface area contributed by atoms with Gasteiger partial charge in [0.15, 0.2) is 0 Å². The van der Waals surface area contributed by atoms with Gasteiger partial charge in [0, 0.05) is 6.42 Å². The molecule has 0 N–H and O–H groups in total. The maximum absolute atomic E-state index is 8.64. The molecule has 11 heavy (non-hydrogen) atoms. The average Bonchev–Trinajstić information content (AvgIpc) is 2.53. The van der Waals surface area contributed by atoms with Gasteiger partial charge in [-0.05, 0) is 15.9 Å². The first kappa shape index (κ1) is 6.86. The summed E-state index contributed by atoms with van der Waals surface area (Å²) in [4.78, 5) is 0. The van der Waals surface area contributed by atoms with E-state index in [1.165, 1.54) is 0 Å². The predicted octanol–water partition coefficient (Wildman–Crippen LogP) is 1.34. The van der Waals surface area contributed by atoms with Gasteiger partial charge in [-0.25, -0.2) is 0 Å². The van der Waals surface area contributed by atoms with Gasteiger partial charge in [-0.1, -0.05) is 0 Å². The highest BCUT2D eigenvalue weighted by atomic mass is 79.9. The van der Waals surface area contributed by atoms with Crippen molar-refractivity contribution in [2.75, 3.05) is 0 Å². The molecule has 56 valence electrons. The highest BCUT2D eigenvalue weighted by Gasteiger charge is 2.23. The molecule has 3 nitrogen and oxygen atoms in total. The minimum Gasteiger partial charge on any atom is -0.267 e. The molecule has 1 atom stereocenters. The lowest BCUT2D eigenvalue weighted by atomic mass is 10.1. The molecule has 4 heteroatoms. The summed E-state index contributed by atoms with van der Waals surface area (Å²) in [6.07, 6.45) is 2.61. The minimum absolute atomic E-state index is 0.120. The number of aromatic nitrogens is 2. The maximum Gasteiger partial charge on any atom is 0.0715 e. The number of hydrogen-bond acceptors (Lipinski definition) is 2. The first-order valence-electron chi connectivity index (χ1n) is 3.41. The molecule has 1 aliphatic rings. The topological polar surface area (TPSA) is 41.6 Å². The molecule has 2 heterocycles. The van der Waals surface area contributed by atoms with Crippen molar-refractivity contribution in [1.82, 2.24) is 9.78 Å². The van der Waals surface area contributed by atoms with Crippen molar-refractivity contribution < 1.29 is 0 Å².